The summed E-state index contributed by atoms with van der Waals surface area (Å²) in [5.74, 6) is -0.505. The van der Waals surface area contributed by atoms with E-state index in [0.29, 0.717) is 28.4 Å². The van der Waals surface area contributed by atoms with Crippen molar-refractivity contribution in [1.29, 1.82) is 0 Å². The maximum absolute atomic E-state index is 13.8. The summed E-state index contributed by atoms with van der Waals surface area (Å²) >= 11 is 6.09. The van der Waals surface area contributed by atoms with Crippen LogP contribution in [0, 0.1) is 5.82 Å². The first-order valence-corrected chi connectivity index (χ1v) is 8.59. The number of hydrogen-bond acceptors (Lipinski definition) is 4. The summed E-state index contributed by atoms with van der Waals surface area (Å²) in [7, 11) is 2.73. The third-order valence-corrected chi connectivity index (χ3v) is 4.71. The molecule has 3 rings (SSSR count). The molecule has 0 aliphatic carbocycles. The molecular formula is C19H18ClFN2O4. The third-order valence-electron chi connectivity index (χ3n) is 4.41. The molecule has 2 amide bonds. The molecular weight excluding hydrogens is 375 g/mol. The number of benzene rings is 2. The topological polar surface area (TPSA) is 67.9 Å². The van der Waals surface area contributed by atoms with Crippen molar-refractivity contribution in [2.24, 2.45) is 0 Å². The molecule has 1 atom stereocenters. The molecule has 0 unspecified atom stereocenters. The maximum atomic E-state index is 13.8. The van der Waals surface area contributed by atoms with Crippen LogP contribution in [-0.4, -0.2) is 37.7 Å². The Morgan fingerprint density at radius 1 is 1.22 bits per heavy atom. The van der Waals surface area contributed by atoms with Crippen molar-refractivity contribution < 1.29 is 23.5 Å². The summed E-state index contributed by atoms with van der Waals surface area (Å²) in [6.07, 6.45) is -0.152. The number of nitrogens with one attached hydrogen (secondary N) is 1. The number of methoxy groups -OCH3 is 2. The minimum Gasteiger partial charge on any atom is -0.495 e. The van der Waals surface area contributed by atoms with E-state index >= 15 is 0 Å². The fraction of sp³-hybridized carbons (Fsp3) is 0.263. The van der Waals surface area contributed by atoms with Gasteiger partial charge in [-0.3, -0.25) is 9.69 Å². The summed E-state index contributed by atoms with van der Waals surface area (Å²) in [5.41, 5.74) is 1.67. The summed E-state index contributed by atoms with van der Waals surface area (Å²) in [6.45, 7) is 0.284. The van der Waals surface area contributed by atoms with E-state index in [9.17, 15) is 14.0 Å². The zero-order chi connectivity index (χ0) is 19.6. The van der Waals surface area contributed by atoms with Crippen molar-refractivity contribution >= 4 is 29.3 Å². The predicted molar refractivity (Wildman–Crippen MR) is 98.6 cm³/mol. The predicted octanol–water partition coefficient (Wildman–Crippen LogP) is 3.79. The molecule has 6 nitrogen and oxygen atoms in total. The van der Waals surface area contributed by atoms with E-state index in [-0.39, 0.29) is 6.54 Å². The Hall–Kier alpha value is -2.80. The highest BCUT2D eigenvalue weighted by Crippen LogP contribution is 2.33. The van der Waals surface area contributed by atoms with Gasteiger partial charge in [-0.1, -0.05) is 17.7 Å². The van der Waals surface area contributed by atoms with Crippen molar-refractivity contribution in [3.8, 4) is 5.75 Å². The van der Waals surface area contributed by atoms with Crippen molar-refractivity contribution in [2.75, 3.05) is 26.1 Å². The first-order chi connectivity index (χ1) is 12.9. The Bertz CT molecular complexity index is 890. The van der Waals surface area contributed by atoms with Gasteiger partial charge in [0.2, 0.25) is 0 Å². The van der Waals surface area contributed by atoms with Gasteiger partial charge >= 0.3 is 6.09 Å². The lowest BCUT2D eigenvalue weighted by atomic mass is 9.92. The number of hydrogen-bond donors (Lipinski definition) is 1. The van der Waals surface area contributed by atoms with E-state index in [1.54, 1.807) is 18.2 Å². The SMILES string of the molecule is COC(=O)N1CCc2ccc(F)cc2[C@H]1C(=O)Nc1ccc(OC)c(Cl)c1. The van der Waals surface area contributed by atoms with Gasteiger partial charge in [-0.05, 0) is 47.9 Å². The van der Waals surface area contributed by atoms with Crippen LogP contribution in [0.1, 0.15) is 17.2 Å². The van der Waals surface area contributed by atoms with Gasteiger partial charge in [0.25, 0.3) is 5.91 Å². The van der Waals surface area contributed by atoms with Crippen molar-refractivity contribution in [1.82, 2.24) is 4.90 Å². The van der Waals surface area contributed by atoms with E-state index < -0.39 is 23.9 Å². The normalized spacial score (nSPS) is 15.7. The van der Waals surface area contributed by atoms with Gasteiger partial charge < -0.3 is 14.8 Å². The smallest absolute Gasteiger partial charge is 0.410 e. The average Bonchev–Trinajstić information content (AvgIpc) is 2.66. The first-order valence-electron chi connectivity index (χ1n) is 8.22. The zero-order valence-corrected chi connectivity index (χ0v) is 15.5. The van der Waals surface area contributed by atoms with Crippen LogP contribution >= 0.6 is 11.6 Å². The molecule has 8 heteroatoms. The molecule has 1 aliphatic rings. The Labute approximate surface area is 160 Å². The maximum Gasteiger partial charge on any atom is 0.410 e. The van der Waals surface area contributed by atoms with Crippen LogP contribution in [0.3, 0.4) is 0 Å². The van der Waals surface area contributed by atoms with Crippen molar-refractivity contribution in [2.45, 2.75) is 12.5 Å². The first kappa shape index (κ1) is 19.0. The Morgan fingerprint density at radius 3 is 2.67 bits per heavy atom. The monoisotopic (exact) mass is 392 g/mol. The number of halogens is 2. The number of carbonyl (C=O) groups excluding carboxylic acids is 2. The van der Waals surface area contributed by atoms with E-state index in [0.717, 1.165) is 5.56 Å². The Morgan fingerprint density at radius 2 is 2.00 bits per heavy atom. The minimum atomic E-state index is -1.02. The summed E-state index contributed by atoms with van der Waals surface area (Å²) in [4.78, 5) is 26.4. The van der Waals surface area contributed by atoms with Crippen LogP contribution in [0.4, 0.5) is 14.9 Å². The molecule has 0 aromatic heterocycles. The van der Waals surface area contributed by atoms with E-state index in [2.05, 4.69) is 5.32 Å². The summed E-state index contributed by atoms with van der Waals surface area (Å²) in [6, 6.07) is 8.00. The molecule has 0 radical (unpaired) electrons. The molecule has 2 aromatic carbocycles. The zero-order valence-electron chi connectivity index (χ0n) is 14.8. The fourth-order valence-corrected chi connectivity index (χ4v) is 3.40. The number of fused-ring (bicyclic) bond motifs is 1. The number of ether oxygens (including phenoxy) is 2. The lowest BCUT2D eigenvalue weighted by Crippen LogP contribution is -2.45. The molecule has 0 saturated carbocycles. The van der Waals surface area contributed by atoms with Gasteiger partial charge in [0.1, 0.15) is 17.6 Å². The number of carbonyl (C=O) groups is 2. The molecule has 1 heterocycles. The standard InChI is InChI=1S/C19H18ClFN2O4/c1-26-16-6-5-13(10-15(16)20)22-18(24)17-14-9-12(21)4-3-11(14)7-8-23(17)19(25)27-2/h3-6,9-10,17H,7-8H2,1-2H3,(H,22,24)/t17-/m0/s1. The highest BCUT2D eigenvalue weighted by molar-refractivity contribution is 6.32. The summed E-state index contributed by atoms with van der Waals surface area (Å²) in [5, 5.41) is 3.05. The van der Waals surface area contributed by atoms with Crippen molar-refractivity contribution in [3.63, 3.8) is 0 Å². The fourth-order valence-electron chi connectivity index (χ4n) is 3.14. The molecule has 1 N–H and O–H groups in total. The largest absolute Gasteiger partial charge is 0.495 e. The molecule has 1 aliphatic heterocycles. The molecule has 142 valence electrons. The molecule has 2 aromatic rings. The van der Waals surface area contributed by atoms with Gasteiger partial charge in [-0.25, -0.2) is 9.18 Å². The van der Waals surface area contributed by atoms with Gasteiger partial charge in [-0.2, -0.15) is 0 Å². The lowest BCUT2D eigenvalue weighted by Gasteiger charge is -2.35. The molecule has 0 bridgehead atoms. The van der Waals surface area contributed by atoms with Crippen LogP contribution in [0.5, 0.6) is 5.75 Å². The third kappa shape index (κ3) is 3.83. The average molecular weight is 393 g/mol. The highest BCUT2D eigenvalue weighted by Gasteiger charge is 2.37. The molecule has 27 heavy (non-hydrogen) atoms. The highest BCUT2D eigenvalue weighted by atomic mass is 35.5. The number of nitrogens with zero attached hydrogens (tertiary/aromatic N) is 1. The van der Waals surface area contributed by atoms with Gasteiger partial charge in [-0.15, -0.1) is 0 Å². The Kier molecular flexibility index (Phi) is 5.51. The van der Waals surface area contributed by atoms with E-state index in [1.165, 1.54) is 37.3 Å². The van der Waals surface area contributed by atoms with Crippen LogP contribution in [-0.2, 0) is 16.0 Å². The van der Waals surface area contributed by atoms with Gasteiger partial charge in [0.15, 0.2) is 0 Å². The second-order valence-electron chi connectivity index (χ2n) is 6.00. The minimum absolute atomic E-state index is 0.284. The van der Waals surface area contributed by atoms with Crippen LogP contribution in [0.25, 0.3) is 0 Å². The quantitative estimate of drug-likeness (QED) is 0.862. The second kappa shape index (κ2) is 7.84. The lowest BCUT2D eigenvalue weighted by molar-refractivity contribution is -0.121. The second-order valence-corrected chi connectivity index (χ2v) is 6.40. The van der Waals surface area contributed by atoms with Crippen LogP contribution < -0.4 is 10.1 Å². The van der Waals surface area contributed by atoms with Gasteiger partial charge in [0.05, 0.1) is 19.2 Å². The molecule has 0 spiro atoms. The van der Waals surface area contributed by atoms with E-state index in [1.807, 2.05) is 0 Å². The van der Waals surface area contributed by atoms with E-state index in [4.69, 9.17) is 21.1 Å². The number of rotatable bonds is 3. The number of anilines is 1. The van der Waals surface area contributed by atoms with Gasteiger partial charge in [0, 0.05) is 12.2 Å². The van der Waals surface area contributed by atoms with Crippen LogP contribution in [0.15, 0.2) is 36.4 Å². The van der Waals surface area contributed by atoms with Crippen LogP contribution in [0.2, 0.25) is 5.02 Å². The number of amides is 2. The molecule has 0 saturated heterocycles. The summed E-state index contributed by atoms with van der Waals surface area (Å²) < 4.78 is 23.7. The molecule has 0 fully saturated rings. The van der Waals surface area contributed by atoms with Crippen molar-refractivity contribution in [3.05, 3.63) is 58.4 Å². The Balaban J connectivity index is 1.95.